The van der Waals surface area contributed by atoms with Crippen LogP contribution in [0, 0.1) is 12.3 Å². The number of nitrogens with zero attached hydrogens (tertiary/aromatic N) is 1. The van der Waals surface area contributed by atoms with Gasteiger partial charge in [-0.2, -0.15) is 5.10 Å². The van der Waals surface area contributed by atoms with E-state index in [1.54, 1.807) is 0 Å². The zero-order chi connectivity index (χ0) is 10.8. The van der Waals surface area contributed by atoms with Crippen LogP contribution in [0.25, 0.3) is 0 Å². The summed E-state index contributed by atoms with van der Waals surface area (Å²) in [5, 5.41) is 3.88. The van der Waals surface area contributed by atoms with Gasteiger partial charge in [0, 0.05) is 5.41 Å². The SMILES string of the molecule is Cc1ccc(/C(=N/N)C(C)(C)C)cc1. The van der Waals surface area contributed by atoms with Crippen molar-refractivity contribution < 1.29 is 0 Å². The summed E-state index contributed by atoms with van der Waals surface area (Å²) in [4.78, 5) is 0. The summed E-state index contributed by atoms with van der Waals surface area (Å²) in [5.74, 6) is 5.42. The average Bonchev–Trinajstić information content (AvgIpc) is 2.07. The van der Waals surface area contributed by atoms with Crippen molar-refractivity contribution in [3.8, 4) is 0 Å². The van der Waals surface area contributed by atoms with Gasteiger partial charge in [0.2, 0.25) is 0 Å². The van der Waals surface area contributed by atoms with E-state index in [1.807, 2.05) is 0 Å². The molecule has 2 nitrogen and oxygen atoms in total. The number of hydrogen-bond acceptors (Lipinski definition) is 2. The second kappa shape index (κ2) is 3.82. The molecule has 0 aromatic heterocycles. The van der Waals surface area contributed by atoms with E-state index >= 15 is 0 Å². The van der Waals surface area contributed by atoms with Crippen LogP contribution in [0.15, 0.2) is 29.4 Å². The Bertz CT molecular complexity index is 328. The number of rotatable bonds is 1. The smallest absolute Gasteiger partial charge is 0.0726 e. The van der Waals surface area contributed by atoms with Crippen LogP contribution in [0.3, 0.4) is 0 Å². The molecule has 0 atom stereocenters. The van der Waals surface area contributed by atoms with Crippen molar-refractivity contribution in [2.75, 3.05) is 0 Å². The summed E-state index contributed by atoms with van der Waals surface area (Å²) < 4.78 is 0. The van der Waals surface area contributed by atoms with Gasteiger partial charge in [-0.05, 0) is 12.5 Å². The number of hydrazone groups is 1. The van der Waals surface area contributed by atoms with Crippen LogP contribution in [0.4, 0.5) is 0 Å². The van der Waals surface area contributed by atoms with Gasteiger partial charge in [-0.3, -0.25) is 0 Å². The Kier molecular flexibility index (Phi) is 2.94. The summed E-state index contributed by atoms with van der Waals surface area (Å²) in [6.07, 6.45) is 0. The van der Waals surface area contributed by atoms with Crippen molar-refractivity contribution in [2.45, 2.75) is 27.7 Å². The maximum atomic E-state index is 5.42. The molecule has 0 aliphatic carbocycles. The molecule has 0 saturated heterocycles. The van der Waals surface area contributed by atoms with Crippen molar-refractivity contribution in [1.29, 1.82) is 0 Å². The second-order valence-corrected chi connectivity index (χ2v) is 4.59. The van der Waals surface area contributed by atoms with E-state index in [0.29, 0.717) is 0 Å². The number of benzene rings is 1. The van der Waals surface area contributed by atoms with Gasteiger partial charge in [0.05, 0.1) is 5.71 Å². The fourth-order valence-electron chi connectivity index (χ4n) is 1.41. The van der Waals surface area contributed by atoms with E-state index in [9.17, 15) is 0 Å². The van der Waals surface area contributed by atoms with E-state index in [-0.39, 0.29) is 5.41 Å². The molecule has 1 aromatic rings. The van der Waals surface area contributed by atoms with Crippen LogP contribution in [-0.4, -0.2) is 5.71 Å². The highest BCUT2D eigenvalue weighted by Gasteiger charge is 2.20. The van der Waals surface area contributed by atoms with Crippen molar-refractivity contribution in [2.24, 2.45) is 16.4 Å². The summed E-state index contributed by atoms with van der Waals surface area (Å²) in [7, 11) is 0. The molecule has 0 saturated carbocycles. The fourth-order valence-corrected chi connectivity index (χ4v) is 1.41. The van der Waals surface area contributed by atoms with E-state index in [2.05, 4.69) is 57.1 Å². The first kappa shape index (κ1) is 10.8. The van der Waals surface area contributed by atoms with Crippen LogP contribution in [0.1, 0.15) is 31.9 Å². The molecule has 2 N–H and O–H groups in total. The first-order valence-electron chi connectivity index (χ1n) is 4.80. The monoisotopic (exact) mass is 190 g/mol. The number of hydrogen-bond donors (Lipinski definition) is 1. The Morgan fingerprint density at radius 1 is 1.14 bits per heavy atom. The Labute approximate surface area is 85.8 Å². The van der Waals surface area contributed by atoms with Gasteiger partial charge >= 0.3 is 0 Å². The number of nitrogens with two attached hydrogens (primary N) is 1. The van der Waals surface area contributed by atoms with Crippen LogP contribution in [-0.2, 0) is 0 Å². The molecule has 1 rings (SSSR count). The van der Waals surface area contributed by atoms with Gasteiger partial charge in [0.25, 0.3) is 0 Å². The van der Waals surface area contributed by atoms with Gasteiger partial charge in [-0.1, -0.05) is 50.6 Å². The normalized spacial score (nSPS) is 13.0. The van der Waals surface area contributed by atoms with Crippen LogP contribution < -0.4 is 5.84 Å². The Morgan fingerprint density at radius 3 is 2.00 bits per heavy atom. The predicted octanol–water partition coefficient (Wildman–Crippen LogP) is 2.70. The van der Waals surface area contributed by atoms with Gasteiger partial charge in [-0.15, -0.1) is 0 Å². The lowest BCUT2D eigenvalue weighted by atomic mass is 9.85. The van der Waals surface area contributed by atoms with E-state index in [0.717, 1.165) is 11.3 Å². The van der Waals surface area contributed by atoms with Gasteiger partial charge in [0.1, 0.15) is 0 Å². The average molecular weight is 190 g/mol. The Morgan fingerprint density at radius 2 is 1.64 bits per heavy atom. The molecule has 0 spiro atoms. The molecule has 0 radical (unpaired) electrons. The quantitative estimate of drug-likeness (QED) is 0.413. The van der Waals surface area contributed by atoms with Crippen molar-refractivity contribution in [1.82, 2.24) is 0 Å². The molecule has 0 aliphatic rings. The maximum absolute atomic E-state index is 5.42. The van der Waals surface area contributed by atoms with Gasteiger partial charge < -0.3 is 5.84 Å². The van der Waals surface area contributed by atoms with Crippen molar-refractivity contribution >= 4 is 5.71 Å². The Balaban J connectivity index is 3.10. The molecule has 0 fully saturated rings. The summed E-state index contributed by atoms with van der Waals surface area (Å²) in [6.45, 7) is 8.40. The minimum Gasteiger partial charge on any atom is -0.323 e. The molecule has 14 heavy (non-hydrogen) atoms. The standard InChI is InChI=1S/C12H18N2/c1-9-5-7-10(8-6-9)11(14-13)12(2,3)4/h5-8H,13H2,1-4H3/b14-11-. The summed E-state index contributed by atoms with van der Waals surface area (Å²) in [6, 6.07) is 8.27. The van der Waals surface area contributed by atoms with Crippen molar-refractivity contribution in [3.63, 3.8) is 0 Å². The minimum absolute atomic E-state index is 0.00991. The van der Waals surface area contributed by atoms with Crippen molar-refractivity contribution in [3.05, 3.63) is 35.4 Å². The summed E-state index contributed by atoms with van der Waals surface area (Å²) >= 11 is 0. The lowest BCUT2D eigenvalue weighted by Gasteiger charge is -2.20. The lowest BCUT2D eigenvalue weighted by Crippen LogP contribution is -2.22. The Hall–Kier alpha value is -1.31. The summed E-state index contributed by atoms with van der Waals surface area (Å²) in [5.41, 5.74) is 3.28. The first-order valence-corrected chi connectivity index (χ1v) is 4.80. The minimum atomic E-state index is -0.00991. The molecule has 0 heterocycles. The van der Waals surface area contributed by atoms with E-state index in [1.165, 1.54) is 5.56 Å². The third kappa shape index (κ3) is 2.34. The predicted molar refractivity (Wildman–Crippen MR) is 61.4 cm³/mol. The molecular weight excluding hydrogens is 172 g/mol. The fraction of sp³-hybridized carbons (Fsp3) is 0.417. The molecule has 76 valence electrons. The second-order valence-electron chi connectivity index (χ2n) is 4.59. The topological polar surface area (TPSA) is 38.4 Å². The highest BCUT2D eigenvalue weighted by molar-refractivity contribution is 6.03. The van der Waals surface area contributed by atoms with Gasteiger partial charge in [-0.25, -0.2) is 0 Å². The third-order valence-corrected chi connectivity index (χ3v) is 2.16. The molecule has 2 heteroatoms. The maximum Gasteiger partial charge on any atom is 0.0726 e. The molecule has 0 amide bonds. The van der Waals surface area contributed by atoms with Crippen LogP contribution in [0.2, 0.25) is 0 Å². The lowest BCUT2D eigenvalue weighted by molar-refractivity contribution is 0.589. The molecule has 0 bridgehead atoms. The van der Waals surface area contributed by atoms with Crippen LogP contribution in [0.5, 0.6) is 0 Å². The van der Waals surface area contributed by atoms with E-state index < -0.39 is 0 Å². The molecule has 0 unspecified atom stereocenters. The first-order chi connectivity index (χ1) is 6.45. The zero-order valence-corrected chi connectivity index (χ0v) is 9.33. The highest BCUT2D eigenvalue weighted by Crippen LogP contribution is 2.21. The van der Waals surface area contributed by atoms with Crippen LogP contribution >= 0.6 is 0 Å². The van der Waals surface area contributed by atoms with Gasteiger partial charge in [0.15, 0.2) is 0 Å². The zero-order valence-electron chi connectivity index (χ0n) is 9.33. The molecule has 0 aliphatic heterocycles. The largest absolute Gasteiger partial charge is 0.323 e. The molecule has 1 aromatic carbocycles. The third-order valence-electron chi connectivity index (χ3n) is 2.16. The van der Waals surface area contributed by atoms with E-state index in [4.69, 9.17) is 5.84 Å². The number of aryl methyl sites for hydroxylation is 1. The highest BCUT2D eigenvalue weighted by atomic mass is 15.1. The molecular formula is C12H18N2.